The van der Waals surface area contributed by atoms with Crippen LogP contribution in [0.1, 0.15) is 54.2 Å². The number of aromatic nitrogens is 1. The number of nitrogens with zero attached hydrogens (tertiary/aromatic N) is 1. The maximum Gasteiger partial charge on any atom is 0.211 e. The van der Waals surface area contributed by atoms with Gasteiger partial charge in [0, 0.05) is 11.8 Å². The van der Waals surface area contributed by atoms with E-state index in [0.717, 1.165) is 24.3 Å². The third-order valence-electron chi connectivity index (χ3n) is 3.53. The van der Waals surface area contributed by atoms with Gasteiger partial charge < -0.3 is 4.74 Å². The number of hydrogen-bond acceptors (Lipinski definition) is 3. The van der Waals surface area contributed by atoms with Crippen LogP contribution in [0, 0.1) is 6.92 Å². The summed E-state index contributed by atoms with van der Waals surface area (Å²) in [5, 5.41) is 0. The number of aryl methyl sites for hydroxylation is 1. The second-order valence-corrected chi connectivity index (χ2v) is 5.48. The first-order valence-corrected chi connectivity index (χ1v) is 7.91. The van der Waals surface area contributed by atoms with Crippen molar-refractivity contribution < 1.29 is 9.53 Å². The fourth-order valence-corrected chi connectivity index (χ4v) is 2.17. The second-order valence-electron chi connectivity index (χ2n) is 5.48. The third kappa shape index (κ3) is 4.69. The molecule has 0 aliphatic heterocycles. The van der Waals surface area contributed by atoms with Crippen LogP contribution in [0.5, 0.6) is 5.75 Å². The number of unbranched alkanes of at least 4 members (excludes halogenated alkanes) is 3. The highest BCUT2D eigenvalue weighted by molar-refractivity contribution is 6.07. The minimum atomic E-state index is -0.0607. The Morgan fingerprint density at radius 1 is 1.05 bits per heavy atom. The molecule has 1 aromatic carbocycles. The number of hydrogen-bond donors (Lipinski definition) is 0. The summed E-state index contributed by atoms with van der Waals surface area (Å²) in [4.78, 5) is 16.5. The van der Waals surface area contributed by atoms with Gasteiger partial charge in [-0.3, -0.25) is 9.78 Å². The van der Waals surface area contributed by atoms with Gasteiger partial charge in [-0.15, -0.1) is 0 Å². The van der Waals surface area contributed by atoms with Crippen molar-refractivity contribution in [2.75, 3.05) is 6.61 Å². The van der Waals surface area contributed by atoms with E-state index in [4.69, 9.17) is 4.74 Å². The molecule has 0 aliphatic rings. The Hall–Kier alpha value is -2.16. The van der Waals surface area contributed by atoms with Crippen LogP contribution in [-0.4, -0.2) is 17.4 Å². The first-order chi connectivity index (χ1) is 10.7. The summed E-state index contributed by atoms with van der Waals surface area (Å²) in [6, 6.07) is 10.9. The highest BCUT2D eigenvalue weighted by atomic mass is 16.5. The molecule has 1 aromatic heterocycles. The van der Waals surface area contributed by atoms with Crippen molar-refractivity contribution in [1.82, 2.24) is 4.98 Å². The lowest BCUT2D eigenvalue weighted by Crippen LogP contribution is -2.04. The molecule has 0 saturated carbocycles. The Kier molecular flexibility index (Phi) is 6.13. The standard InChI is InChI=1S/C19H23NO2/c1-3-4-5-6-13-22-17-10-8-16(9-11-17)19(21)18-12-7-15(2)14-20-18/h7-12,14H,3-6,13H2,1-2H3. The number of carbonyl (C=O) groups excluding carboxylic acids is 1. The third-order valence-corrected chi connectivity index (χ3v) is 3.53. The Morgan fingerprint density at radius 3 is 2.45 bits per heavy atom. The summed E-state index contributed by atoms with van der Waals surface area (Å²) in [5.41, 5.74) is 2.15. The van der Waals surface area contributed by atoms with Crippen molar-refractivity contribution >= 4 is 5.78 Å². The lowest BCUT2D eigenvalue weighted by atomic mass is 10.1. The molecule has 0 aliphatic carbocycles. The molecule has 0 radical (unpaired) electrons. The normalized spacial score (nSPS) is 10.5. The zero-order chi connectivity index (χ0) is 15.8. The molecular weight excluding hydrogens is 274 g/mol. The van der Waals surface area contributed by atoms with Gasteiger partial charge in [0.25, 0.3) is 0 Å². The van der Waals surface area contributed by atoms with Gasteiger partial charge in [-0.1, -0.05) is 32.3 Å². The maximum absolute atomic E-state index is 12.3. The van der Waals surface area contributed by atoms with Crippen molar-refractivity contribution in [3.8, 4) is 5.75 Å². The number of rotatable bonds is 8. The van der Waals surface area contributed by atoms with E-state index in [9.17, 15) is 4.79 Å². The molecule has 3 nitrogen and oxygen atoms in total. The van der Waals surface area contributed by atoms with Crippen LogP contribution in [-0.2, 0) is 0 Å². The van der Waals surface area contributed by atoms with Gasteiger partial charge in [0.2, 0.25) is 5.78 Å². The Bertz CT molecular complexity index is 588. The van der Waals surface area contributed by atoms with Crippen molar-refractivity contribution in [3.05, 3.63) is 59.4 Å². The highest BCUT2D eigenvalue weighted by Crippen LogP contribution is 2.15. The topological polar surface area (TPSA) is 39.2 Å². The Balaban J connectivity index is 1.91. The van der Waals surface area contributed by atoms with E-state index in [1.165, 1.54) is 19.3 Å². The largest absolute Gasteiger partial charge is 0.494 e. The van der Waals surface area contributed by atoms with Gasteiger partial charge in [0.1, 0.15) is 11.4 Å². The monoisotopic (exact) mass is 297 g/mol. The van der Waals surface area contributed by atoms with Crippen LogP contribution in [0.4, 0.5) is 0 Å². The number of ketones is 1. The molecule has 1 heterocycles. The lowest BCUT2D eigenvalue weighted by molar-refractivity contribution is 0.103. The summed E-state index contributed by atoms with van der Waals surface area (Å²) in [6.07, 6.45) is 6.46. The molecule has 2 aromatic rings. The van der Waals surface area contributed by atoms with E-state index in [1.54, 1.807) is 24.4 Å². The lowest BCUT2D eigenvalue weighted by Gasteiger charge is -2.07. The minimum absolute atomic E-state index is 0.0607. The van der Waals surface area contributed by atoms with Gasteiger partial charge in [-0.05, 0) is 49.2 Å². The summed E-state index contributed by atoms with van der Waals surface area (Å²) in [5.74, 6) is 0.749. The number of ether oxygens (including phenoxy) is 1. The van der Waals surface area contributed by atoms with Crippen LogP contribution in [0.15, 0.2) is 42.6 Å². The average Bonchev–Trinajstić information content (AvgIpc) is 2.55. The zero-order valence-corrected chi connectivity index (χ0v) is 13.3. The van der Waals surface area contributed by atoms with Gasteiger partial charge in [-0.2, -0.15) is 0 Å². The van der Waals surface area contributed by atoms with Crippen LogP contribution < -0.4 is 4.74 Å². The summed E-state index contributed by atoms with van der Waals surface area (Å²) in [7, 11) is 0. The molecule has 0 fully saturated rings. The molecule has 0 saturated heterocycles. The molecule has 22 heavy (non-hydrogen) atoms. The van der Waals surface area contributed by atoms with Crippen molar-refractivity contribution in [1.29, 1.82) is 0 Å². The molecular formula is C19H23NO2. The first kappa shape index (κ1) is 16.2. The number of carbonyl (C=O) groups is 1. The van der Waals surface area contributed by atoms with Crippen molar-refractivity contribution in [3.63, 3.8) is 0 Å². The summed E-state index contributed by atoms with van der Waals surface area (Å²) >= 11 is 0. The maximum atomic E-state index is 12.3. The smallest absolute Gasteiger partial charge is 0.211 e. The van der Waals surface area contributed by atoms with Gasteiger partial charge >= 0.3 is 0 Å². The highest BCUT2D eigenvalue weighted by Gasteiger charge is 2.10. The summed E-state index contributed by atoms with van der Waals surface area (Å²) in [6.45, 7) is 4.88. The van der Waals surface area contributed by atoms with Crippen LogP contribution >= 0.6 is 0 Å². The van der Waals surface area contributed by atoms with Gasteiger partial charge in [-0.25, -0.2) is 0 Å². The van der Waals surface area contributed by atoms with E-state index < -0.39 is 0 Å². The molecule has 116 valence electrons. The zero-order valence-electron chi connectivity index (χ0n) is 13.3. The Morgan fingerprint density at radius 2 is 1.82 bits per heavy atom. The fraction of sp³-hybridized carbons (Fsp3) is 0.368. The van der Waals surface area contributed by atoms with E-state index >= 15 is 0 Å². The van der Waals surface area contributed by atoms with E-state index in [0.29, 0.717) is 11.3 Å². The van der Waals surface area contributed by atoms with Crippen LogP contribution in [0.3, 0.4) is 0 Å². The van der Waals surface area contributed by atoms with E-state index in [-0.39, 0.29) is 5.78 Å². The van der Waals surface area contributed by atoms with Crippen molar-refractivity contribution in [2.24, 2.45) is 0 Å². The SMILES string of the molecule is CCCCCCOc1ccc(C(=O)c2ccc(C)cn2)cc1. The van der Waals surface area contributed by atoms with E-state index in [2.05, 4.69) is 11.9 Å². The molecule has 0 N–H and O–H groups in total. The number of benzene rings is 1. The van der Waals surface area contributed by atoms with Crippen LogP contribution in [0.25, 0.3) is 0 Å². The number of pyridine rings is 1. The quantitative estimate of drug-likeness (QED) is 0.529. The first-order valence-electron chi connectivity index (χ1n) is 7.91. The van der Waals surface area contributed by atoms with Gasteiger partial charge in [0.15, 0.2) is 0 Å². The Labute approximate surface area is 132 Å². The molecule has 0 unspecified atom stereocenters. The second kappa shape index (κ2) is 8.32. The van der Waals surface area contributed by atoms with Crippen molar-refractivity contribution in [2.45, 2.75) is 39.5 Å². The predicted octanol–water partition coefficient (Wildman–Crippen LogP) is 4.58. The average molecular weight is 297 g/mol. The van der Waals surface area contributed by atoms with E-state index in [1.807, 2.05) is 25.1 Å². The predicted molar refractivity (Wildman–Crippen MR) is 88.5 cm³/mol. The molecule has 3 heteroatoms. The molecule has 0 bridgehead atoms. The molecule has 0 atom stereocenters. The minimum Gasteiger partial charge on any atom is -0.494 e. The molecule has 0 spiro atoms. The van der Waals surface area contributed by atoms with Crippen LogP contribution in [0.2, 0.25) is 0 Å². The summed E-state index contributed by atoms with van der Waals surface area (Å²) < 4.78 is 5.68. The fourth-order valence-electron chi connectivity index (χ4n) is 2.17. The molecule has 2 rings (SSSR count). The van der Waals surface area contributed by atoms with Gasteiger partial charge in [0.05, 0.1) is 6.61 Å². The molecule has 0 amide bonds.